The third kappa shape index (κ3) is 4.17. The number of nitrogens with zero attached hydrogens (tertiary/aromatic N) is 1. The normalized spacial score (nSPS) is 12.7. The molecule has 1 aromatic carbocycles. The summed E-state index contributed by atoms with van der Waals surface area (Å²) in [6.45, 7) is 1.12. The van der Waals surface area contributed by atoms with E-state index in [2.05, 4.69) is 4.90 Å². The van der Waals surface area contributed by atoms with Gasteiger partial charge >= 0.3 is 5.97 Å². The van der Waals surface area contributed by atoms with Gasteiger partial charge in [0.1, 0.15) is 0 Å². The standard InChI is InChI=1S/C13H20N2O2/c1-15(2)8-7-10-3-5-11(6-4-10)12(9-14)13(16)17/h3-6,12H,7-9,14H2,1-2H3,(H,16,17). The molecule has 0 aliphatic carbocycles. The van der Waals surface area contributed by atoms with E-state index in [-0.39, 0.29) is 6.54 Å². The molecular formula is C13H20N2O2. The molecule has 1 aromatic rings. The van der Waals surface area contributed by atoms with Crippen molar-refractivity contribution in [2.45, 2.75) is 12.3 Å². The molecule has 3 N–H and O–H groups in total. The molecule has 17 heavy (non-hydrogen) atoms. The first-order valence-corrected chi connectivity index (χ1v) is 5.71. The van der Waals surface area contributed by atoms with Crippen molar-refractivity contribution in [2.24, 2.45) is 5.73 Å². The fraction of sp³-hybridized carbons (Fsp3) is 0.462. The highest BCUT2D eigenvalue weighted by molar-refractivity contribution is 5.76. The molecule has 0 bridgehead atoms. The van der Waals surface area contributed by atoms with Crippen LogP contribution in [0.15, 0.2) is 24.3 Å². The molecule has 0 aliphatic heterocycles. The van der Waals surface area contributed by atoms with Gasteiger partial charge in [-0.1, -0.05) is 24.3 Å². The number of carbonyl (C=O) groups is 1. The molecule has 1 unspecified atom stereocenters. The molecular weight excluding hydrogens is 216 g/mol. The lowest BCUT2D eigenvalue weighted by Crippen LogP contribution is -2.21. The Bertz CT molecular complexity index is 360. The molecule has 0 amide bonds. The van der Waals surface area contributed by atoms with Crippen molar-refractivity contribution in [3.63, 3.8) is 0 Å². The van der Waals surface area contributed by atoms with E-state index in [9.17, 15) is 4.79 Å². The van der Waals surface area contributed by atoms with Crippen LogP contribution in [0.1, 0.15) is 17.0 Å². The maximum absolute atomic E-state index is 10.9. The predicted molar refractivity (Wildman–Crippen MR) is 68.1 cm³/mol. The Morgan fingerprint density at radius 2 is 1.94 bits per heavy atom. The molecule has 0 aromatic heterocycles. The minimum atomic E-state index is -0.867. The van der Waals surface area contributed by atoms with Crippen LogP contribution in [0.5, 0.6) is 0 Å². The van der Waals surface area contributed by atoms with E-state index >= 15 is 0 Å². The predicted octanol–water partition coefficient (Wildman–Crippen LogP) is 0.918. The average molecular weight is 236 g/mol. The van der Waals surface area contributed by atoms with Gasteiger partial charge < -0.3 is 15.7 Å². The van der Waals surface area contributed by atoms with Crippen molar-refractivity contribution in [2.75, 3.05) is 27.2 Å². The van der Waals surface area contributed by atoms with Crippen LogP contribution in [0, 0.1) is 0 Å². The number of nitrogens with two attached hydrogens (primary N) is 1. The number of benzene rings is 1. The molecule has 4 nitrogen and oxygen atoms in total. The van der Waals surface area contributed by atoms with E-state index < -0.39 is 11.9 Å². The highest BCUT2D eigenvalue weighted by Gasteiger charge is 2.17. The van der Waals surface area contributed by atoms with E-state index in [1.54, 1.807) is 0 Å². The van der Waals surface area contributed by atoms with Gasteiger partial charge in [0.2, 0.25) is 0 Å². The van der Waals surface area contributed by atoms with Gasteiger partial charge in [-0.15, -0.1) is 0 Å². The lowest BCUT2D eigenvalue weighted by Gasteiger charge is -2.12. The SMILES string of the molecule is CN(C)CCc1ccc(C(CN)C(=O)O)cc1. The third-order valence-electron chi connectivity index (χ3n) is 2.76. The van der Waals surface area contributed by atoms with Crippen LogP contribution in [0.3, 0.4) is 0 Å². The van der Waals surface area contributed by atoms with Crippen molar-refractivity contribution in [1.29, 1.82) is 0 Å². The zero-order valence-corrected chi connectivity index (χ0v) is 10.4. The third-order valence-corrected chi connectivity index (χ3v) is 2.76. The van der Waals surface area contributed by atoms with Gasteiger partial charge in [-0.2, -0.15) is 0 Å². The van der Waals surface area contributed by atoms with Crippen LogP contribution in [0.25, 0.3) is 0 Å². The first kappa shape index (κ1) is 13.7. The molecule has 94 valence electrons. The molecule has 0 fully saturated rings. The number of aliphatic carboxylic acids is 1. The van der Waals surface area contributed by atoms with E-state index in [4.69, 9.17) is 10.8 Å². The summed E-state index contributed by atoms with van der Waals surface area (Å²) in [7, 11) is 4.06. The average Bonchev–Trinajstić information content (AvgIpc) is 2.28. The van der Waals surface area contributed by atoms with Crippen LogP contribution in [0.4, 0.5) is 0 Å². The molecule has 0 spiro atoms. The second-order valence-electron chi connectivity index (χ2n) is 4.42. The molecule has 0 saturated carbocycles. The Hall–Kier alpha value is -1.39. The van der Waals surface area contributed by atoms with Gasteiger partial charge in [-0.3, -0.25) is 4.79 Å². The van der Waals surface area contributed by atoms with Gasteiger partial charge in [0, 0.05) is 13.1 Å². The summed E-state index contributed by atoms with van der Waals surface area (Å²) in [5.74, 6) is -1.47. The van der Waals surface area contributed by atoms with Gasteiger partial charge in [0.15, 0.2) is 0 Å². The monoisotopic (exact) mass is 236 g/mol. The molecule has 4 heteroatoms. The van der Waals surface area contributed by atoms with Crippen molar-refractivity contribution < 1.29 is 9.90 Å². The Labute approximate surface area is 102 Å². The highest BCUT2D eigenvalue weighted by atomic mass is 16.4. The lowest BCUT2D eigenvalue weighted by atomic mass is 9.97. The van der Waals surface area contributed by atoms with Crippen LogP contribution in [-0.4, -0.2) is 43.2 Å². The Morgan fingerprint density at radius 3 is 2.35 bits per heavy atom. The smallest absolute Gasteiger partial charge is 0.312 e. The molecule has 0 aliphatic rings. The highest BCUT2D eigenvalue weighted by Crippen LogP contribution is 2.16. The maximum atomic E-state index is 10.9. The maximum Gasteiger partial charge on any atom is 0.312 e. The Balaban J connectivity index is 2.70. The Kier molecular flexibility index (Phi) is 5.12. The van der Waals surface area contributed by atoms with Gasteiger partial charge in [-0.25, -0.2) is 0 Å². The fourth-order valence-corrected chi connectivity index (χ4v) is 1.65. The molecule has 1 atom stereocenters. The summed E-state index contributed by atoms with van der Waals surface area (Å²) in [5.41, 5.74) is 7.44. The summed E-state index contributed by atoms with van der Waals surface area (Å²) in [4.78, 5) is 13.1. The van der Waals surface area contributed by atoms with E-state index in [0.29, 0.717) is 0 Å². The second kappa shape index (κ2) is 6.37. The number of likely N-dealkylation sites (N-methyl/N-ethyl adjacent to an activating group) is 1. The first-order valence-electron chi connectivity index (χ1n) is 5.71. The second-order valence-corrected chi connectivity index (χ2v) is 4.42. The zero-order valence-electron chi connectivity index (χ0n) is 10.4. The van der Waals surface area contributed by atoms with Crippen LogP contribution < -0.4 is 5.73 Å². The summed E-state index contributed by atoms with van der Waals surface area (Å²) in [5, 5.41) is 8.99. The van der Waals surface area contributed by atoms with Crippen LogP contribution >= 0.6 is 0 Å². The van der Waals surface area contributed by atoms with Crippen molar-refractivity contribution >= 4 is 5.97 Å². The quantitative estimate of drug-likeness (QED) is 0.770. The molecule has 0 saturated heterocycles. The van der Waals surface area contributed by atoms with E-state index in [0.717, 1.165) is 18.5 Å². The van der Waals surface area contributed by atoms with Gasteiger partial charge in [0.05, 0.1) is 5.92 Å². The van der Waals surface area contributed by atoms with Gasteiger partial charge in [-0.05, 0) is 31.6 Å². The van der Waals surface area contributed by atoms with Crippen molar-refractivity contribution in [3.05, 3.63) is 35.4 Å². The summed E-state index contributed by atoms with van der Waals surface area (Å²) in [6, 6.07) is 7.67. The van der Waals surface area contributed by atoms with Crippen LogP contribution in [0.2, 0.25) is 0 Å². The lowest BCUT2D eigenvalue weighted by molar-refractivity contribution is -0.138. The van der Waals surface area contributed by atoms with Crippen molar-refractivity contribution in [3.8, 4) is 0 Å². The number of carboxylic acid groups (broad SMARTS) is 1. The summed E-state index contributed by atoms with van der Waals surface area (Å²) in [6.07, 6.45) is 0.966. The summed E-state index contributed by atoms with van der Waals surface area (Å²) >= 11 is 0. The van der Waals surface area contributed by atoms with Crippen LogP contribution in [-0.2, 0) is 11.2 Å². The summed E-state index contributed by atoms with van der Waals surface area (Å²) < 4.78 is 0. The molecule has 0 heterocycles. The minimum Gasteiger partial charge on any atom is -0.481 e. The van der Waals surface area contributed by atoms with E-state index in [1.807, 2.05) is 38.4 Å². The fourth-order valence-electron chi connectivity index (χ4n) is 1.65. The van der Waals surface area contributed by atoms with Crippen molar-refractivity contribution in [1.82, 2.24) is 4.90 Å². The van der Waals surface area contributed by atoms with Gasteiger partial charge in [0.25, 0.3) is 0 Å². The molecule has 0 radical (unpaired) electrons. The topological polar surface area (TPSA) is 66.6 Å². The van der Waals surface area contributed by atoms with E-state index in [1.165, 1.54) is 5.56 Å². The Morgan fingerprint density at radius 1 is 1.35 bits per heavy atom. The zero-order chi connectivity index (χ0) is 12.8. The number of hydrogen-bond donors (Lipinski definition) is 2. The number of hydrogen-bond acceptors (Lipinski definition) is 3. The first-order chi connectivity index (χ1) is 8.04. The largest absolute Gasteiger partial charge is 0.481 e. The molecule has 1 rings (SSSR count). The number of rotatable bonds is 6. The number of carboxylic acids is 1. The minimum absolute atomic E-state index is 0.131.